The Morgan fingerprint density at radius 2 is 1.95 bits per heavy atom. The molecule has 0 heterocycles. The monoisotopic (exact) mass is 280 g/mol. The minimum absolute atomic E-state index is 0.0527. The molecule has 0 spiro atoms. The van der Waals surface area contributed by atoms with Crippen LogP contribution in [0.5, 0.6) is 0 Å². The zero-order chi connectivity index (χ0) is 15.7. The Balaban J connectivity index is 3.31. The molecule has 1 unspecified atom stereocenters. The third-order valence-corrected chi connectivity index (χ3v) is 3.63. The SMILES string of the molecule is CC(N(C)c1ccc(C(=O)O)cc1[N+](=O)[O-])C(C)(C)C. The molecule has 0 amide bonds. The summed E-state index contributed by atoms with van der Waals surface area (Å²) in [5.41, 5.74) is 0.0804. The third kappa shape index (κ3) is 3.26. The molecule has 0 fully saturated rings. The summed E-state index contributed by atoms with van der Waals surface area (Å²) in [5, 5.41) is 20.1. The maximum Gasteiger partial charge on any atom is 0.335 e. The average Bonchev–Trinajstić information content (AvgIpc) is 2.34. The van der Waals surface area contributed by atoms with E-state index >= 15 is 0 Å². The molecule has 1 aromatic carbocycles. The molecule has 1 N–H and O–H groups in total. The van der Waals surface area contributed by atoms with E-state index in [1.165, 1.54) is 12.1 Å². The summed E-state index contributed by atoms with van der Waals surface area (Å²) in [6, 6.07) is 4.03. The third-order valence-electron chi connectivity index (χ3n) is 3.63. The van der Waals surface area contributed by atoms with Gasteiger partial charge in [-0.15, -0.1) is 0 Å². The first-order chi connectivity index (χ1) is 9.05. The van der Waals surface area contributed by atoms with Crippen LogP contribution < -0.4 is 4.90 Å². The van der Waals surface area contributed by atoms with E-state index in [1.807, 2.05) is 32.6 Å². The van der Waals surface area contributed by atoms with Crippen LogP contribution in [0.15, 0.2) is 18.2 Å². The van der Waals surface area contributed by atoms with Crippen molar-refractivity contribution < 1.29 is 14.8 Å². The first kappa shape index (κ1) is 15.9. The lowest BCUT2D eigenvalue weighted by Gasteiger charge is -2.36. The zero-order valence-electron chi connectivity index (χ0n) is 12.4. The highest BCUT2D eigenvalue weighted by Gasteiger charge is 2.28. The van der Waals surface area contributed by atoms with Gasteiger partial charge in [-0.1, -0.05) is 20.8 Å². The first-order valence-electron chi connectivity index (χ1n) is 6.30. The Labute approximate surface area is 118 Å². The minimum Gasteiger partial charge on any atom is -0.478 e. The lowest BCUT2D eigenvalue weighted by atomic mass is 9.87. The van der Waals surface area contributed by atoms with E-state index in [1.54, 1.807) is 7.05 Å². The summed E-state index contributed by atoms with van der Waals surface area (Å²) >= 11 is 0. The molecule has 6 heteroatoms. The van der Waals surface area contributed by atoms with Gasteiger partial charge in [-0.05, 0) is 24.5 Å². The van der Waals surface area contributed by atoms with Crippen LogP contribution in [0.2, 0.25) is 0 Å². The van der Waals surface area contributed by atoms with Crippen molar-refractivity contribution >= 4 is 17.3 Å². The normalized spacial score (nSPS) is 12.8. The highest BCUT2D eigenvalue weighted by atomic mass is 16.6. The molecule has 1 atom stereocenters. The van der Waals surface area contributed by atoms with E-state index in [0.717, 1.165) is 6.07 Å². The van der Waals surface area contributed by atoms with E-state index in [0.29, 0.717) is 5.69 Å². The second kappa shape index (κ2) is 5.48. The average molecular weight is 280 g/mol. The van der Waals surface area contributed by atoms with Gasteiger partial charge in [0.25, 0.3) is 5.69 Å². The number of nitrogens with zero attached hydrogens (tertiary/aromatic N) is 2. The summed E-state index contributed by atoms with van der Waals surface area (Å²) < 4.78 is 0. The molecule has 0 saturated carbocycles. The van der Waals surface area contributed by atoms with Crippen LogP contribution in [-0.2, 0) is 0 Å². The zero-order valence-corrected chi connectivity index (χ0v) is 12.4. The van der Waals surface area contributed by atoms with Gasteiger partial charge in [-0.3, -0.25) is 10.1 Å². The molecule has 0 bridgehead atoms. The number of carbonyl (C=O) groups is 1. The Kier molecular flexibility index (Phi) is 4.37. The van der Waals surface area contributed by atoms with E-state index in [2.05, 4.69) is 0 Å². The number of anilines is 1. The van der Waals surface area contributed by atoms with Gasteiger partial charge < -0.3 is 10.0 Å². The summed E-state index contributed by atoms with van der Waals surface area (Å²) in [5.74, 6) is -1.17. The van der Waals surface area contributed by atoms with E-state index in [9.17, 15) is 14.9 Å². The molecule has 0 radical (unpaired) electrons. The molecular formula is C14H20N2O4. The largest absolute Gasteiger partial charge is 0.478 e. The van der Waals surface area contributed by atoms with Crippen molar-refractivity contribution in [3.63, 3.8) is 0 Å². The number of aromatic carboxylic acids is 1. The van der Waals surface area contributed by atoms with Crippen molar-refractivity contribution in [3.05, 3.63) is 33.9 Å². The number of nitro groups is 1. The number of rotatable bonds is 4. The standard InChI is InChI=1S/C14H20N2O4/c1-9(14(2,3)4)15(5)11-7-6-10(13(17)18)8-12(11)16(19)20/h6-9H,1-5H3,(H,17,18). The van der Waals surface area contributed by atoms with Crippen molar-refractivity contribution in [2.75, 3.05) is 11.9 Å². The Hall–Kier alpha value is -2.11. The highest BCUT2D eigenvalue weighted by Crippen LogP contribution is 2.33. The van der Waals surface area contributed by atoms with Gasteiger partial charge in [0.2, 0.25) is 0 Å². The molecule has 20 heavy (non-hydrogen) atoms. The minimum atomic E-state index is -1.17. The summed E-state index contributed by atoms with van der Waals surface area (Å²) in [6.07, 6.45) is 0. The van der Waals surface area contributed by atoms with Crippen LogP contribution in [0.3, 0.4) is 0 Å². The van der Waals surface area contributed by atoms with Crippen molar-refractivity contribution in [1.29, 1.82) is 0 Å². The smallest absolute Gasteiger partial charge is 0.335 e. The quantitative estimate of drug-likeness (QED) is 0.676. The molecule has 1 rings (SSSR count). The number of hydrogen-bond acceptors (Lipinski definition) is 4. The van der Waals surface area contributed by atoms with Gasteiger partial charge in [0.15, 0.2) is 0 Å². The van der Waals surface area contributed by atoms with Gasteiger partial charge >= 0.3 is 5.97 Å². The Morgan fingerprint density at radius 3 is 2.35 bits per heavy atom. The van der Waals surface area contributed by atoms with Crippen LogP contribution in [0.1, 0.15) is 38.1 Å². The van der Waals surface area contributed by atoms with Crippen LogP contribution in [0.4, 0.5) is 11.4 Å². The number of carboxylic acid groups (broad SMARTS) is 1. The maximum absolute atomic E-state index is 11.2. The van der Waals surface area contributed by atoms with Gasteiger partial charge in [0.1, 0.15) is 5.69 Å². The predicted octanol–water partition coefficient (Wildman–Crippen LogP) is 3.16. The predicted molar refractivity (Wildman–Crippen MR) is 77.4 cm³/mol. The second-order valence-corrected chi connectivity index (χ2v) is 5.92. The van der Waals surface area contributed by atoms with Crippen molar-refractivity contribution in [2.45, 2.75) is 33.7 Å². The molecule has 110 valence electrons. The van der Waals surface area contributed by atoms with Gasteiger partial charge in [0, 0.05) is 19.2 Å². The topological polar surface area (TPSA) is 83.7 Å². The molecule has 6 nitrogen and oxygen atoms in total. The van der Waals surface area contributed by atoms with Gasteiger partial charge in [-0.25, -0.2) is 4.79 Å². The highest BCUT2D eigenvalue weighted by molar-refractivity contribution is 5.89. The Bertz CT molecular complexity index is 534. The van der Waals surface area contributed by atoms with E-state index in [-0.39, 0.29) is 22.7 Å². The number of nitro benzene ring substituents is 1. The van der Waals surface area contributed by atoms with Gasteiger partial charge in [-0.2, -0.15) is 0 Å². The van der Waals surface area contributed by atoms with Crippen LogP contribution in [-0.4, -0.2) is 29.1 Å². The molecular weight excluding hydrogens is 260 g/mol. The molecule has 1 aromatic rings. The second-order valence-electron chi connectivity index (χ2n) is 5.92. The van der Waals surface area contributed by atoms with Crippen LogP contribution >= 0.6 is 0 Å². The summed E-state index contributed by atoms with van der Waals surface area (Å²) in [4.78, 5) is 23.3. The summed E-state index contributed by atoms with van der Waals surface area (Å²) in [6.45, 7) is 8.12. The van der Waals surface area contributed by atoms with Crippen molar-refractivity contribution in [1.82, 2.24) is 0 Å². The molecule has 0 aliphatic heterocycles. The van der Waals surface area contributed by atoms with E-state index < -0.39 is 10.9 Å². The summed E-state index contributed by atoms with van der Waals surface area (Å²) in [7, 11) is 1.78. The molecule has 0 aliphatic carbocycles. The first-order valence-corrected chi connectivity index (χ1v) is 6.30. The van der Waals surface area contributed by atoms with Crippen LogP contribution in [0.25, 0.3) is 0 Å². The lowest BCUT2D eigenvalue weighted by Crippen LogP contribution is -2.39. The lowest BCUT2D eigenvalue weighted by molar-refractivity contribution is -0.384. The van der Waals surface area contributed by atoms with E-state index in [4.69, 9.17) is 5.11 Å². The number of carboxylic acids is 1. The fraction of sp³-hybridized carbons (Fsp3) is 0.500. The number of hydrogen-bond donors (Lipinski definition) is 1. The van der Waals surface area contributed by atoms with Crippen molar-refractivity contribution in [3.8, 4) is 0 Å². The maximum atomic E-state index is 11.2. The number of benzene rings is 1. The van der Waals surface area contributed by atoms with Crippen LogP contribution in [0, 0.1) is 15.5 Å². The van der Waals surface area contributed by atoms with Gasteiger partial charge in [0.05, 0.1) is 10.5 Å². The fourth-order valence-electron chi connectivity index (χ4n) is 1.89. The van der Waals surface area contributed by atoms with Crippen molar-refractivity contribution in [2.24, 2.45) is 5.41 Å². The Morgan fingerprint density at radius 1 is 1.40 bits per heavy atom. The molecule has 0 aliphatic rings. The molecule has 0 aromatic heterocycles. The molecule has 0 saturated heterocycles. The fourth-order valence-corrected chi connectivity index (χ4v) is 1.89.